The lowest BCUT2D eigenvalue weighted by Gasteiger charge is -2.37. The molecule has 1 fully saturated rings. The summed E-state index contributed by atoms with van der Waals surface area (Å²) < 4.78 is 5.67. The Kier molecular flexibility index (Phi) is 7.91. The van der Waals surface area contributed by atoms with Gasteiger partial charge in [0.15, 0.2) is 0 Å². The average Bonchev–Trinajstić information content (AvgIpc) is 2.90. The molecule has 2 amide bonds. The van der Waals surface area contributed by atoms with E-state index in [4.69, 9.17) is 4.74 Å². The third kappa shape index (κ3) is 6.14. The van der Waals surface area contributed by atoms with E-state index < -0.39 is 5.54 Å². The maximum absolute atomic E-state index is 13.0. The molecule has 2 aromatic carbocycles. The molecule has 3 N–H and O–H groups in total. The summed E-state index contributed by atoms with van der Waals surface area (Å²) in [5.41, 5.74) is 2.90. The van der Waals surface area contributed by atoms with Crippen LogP contribution in [0.2, 0.25) is 0 Å². The van der Waals surface area contributed by atoms with Gasteiger partial charge in [0.1, 0.15) is 18.4 Å². The number of ether oxygens (including phenoxy) is 1. The lowest BCUT2D eigenvalue weighted by Crippen LogP contribution is -2.49. The normalized spacial score (nSPS) is 14.5. The zero-order chi connectivity index (χ0) is 24.5. The number of nitrogens with zero attached hydrogens (tertiary/aromatic N) is 3. The molecule has 3 aromatic rings. The lowest BCUT2D eigenvalue weighted by atomic mass is 9.79. The number of likely N-dealkylation sites (N-methyl/N-ethyl adjacent to an activating group) is 1. The van der Waals surface area contributed by atoms with Gasteiger partial charge in [0, 0.05) is 18.4 Å². The molecule has 180 valence electrons. The molecule has 0 spiro atoms. The van der Waals surface area contributed by atoms with Crippen molar-refractivity contribution in [2.45, 2.75) is 37.6 Å². The molecule has 4 rings (SSSR count). The summed E-state index contributed by atoms with van der Waals surface area (Å²) in [6.45, 7) is 1.42. The predicted molar refractivity (Wildman–Crippen MR) is 135 cm³/mol. The number of nitrogens with one attached hydrogen (secondary N) is 3. The van der Waals surface area contributed by atoms with E-state index in [0.29, 0.717) is 18.0 Å². The lowest BCUT2D eigenvalue weighted by molar-refractivity contribution is 0.209. The van der Waals surface area contributed by atoms with Crippen molar-refractivity contribution < 1.29 is 9.53 Å². The monoisotopic (exact) mass is 470 g/mol. The maximum Gasteiger partial charge on any atom is 0.319 e. The van der Waals surface area contributed by atoms with Gasteiger partial charge in [-0.05, 0) is 61.3 Å². The molecule has 0 aliphatic heterocycles. The number of carbonyl (C=O) groups excluding carboxylic acids is 1. The summed E-state index contributed by atoms with van der Waals surface area (Å²) in [6.07, 6.45) is 6.22. The maximum atomic E-state index is 13.0. The van der Waals surface area contributed by atoms with E-state index in [1.165, 1.54) is 0 Å². The second-order valence-corrected chi connectivity index (χ2v) is 8.65. The largest absolute Gasteiger partial charge is 0.492 e. The van der Waals surface area contributed by atoms with Crippen LogP contribution in [0.3, 0.4) is 0 Å². The number of carbonyl (C=O) groups is 1. The SMILES string of the molecule is CNCCOc1ccc(-c2ccc(NC(=O)NC3(c4ccnc(C#N)n4)CCCCC3)cc2)cc1. The van der Waals surface area contributed by atoms with Crippen molar-refractivity contribution in [3.63, 3.8) is 0 Å². The molecule has 0 unspecified atom stereocenters. The molecule has 0 saturated heterocycles. The minimum Gasteiger partial charge on any atom is -0.492 e. The van der Waals surface area contributed by atoms with E-state index >= 15 is 0 Å². The van der Waals surface area contributed by atoms with Gasteiger partial charge >= 0.3 is 6.03 Å². The number of anilines is 1. The van der Waals surface area contributed by atoms with Gasteiger partial charge in [-0.3, -0.25) is 0 Å². The van der Waals surface area contributed by atoms with E-state index in [-0.39, 0.29) is 11.9 Å². The molecule has 35 heavy (non-hydrogen) atoms. The van der Waals surface area contributed by atoms with E-state index in [0.717, 1.165) is 55.5 Å². The van der Waals surface area contributed by atoms with Crippen LogP contribution in [0.15, 0.2) is 60.8 Å². The van der Waals surface area contributed by atoms with E-state index in [1.54, 1.807) is 12.3 Å². The second-order valence-electron chi connectivity index (χ2n) is 8.65. The van der Waals surface area contributed by atoms with Crippen molar-refractivity contribution in [3.8, 4) is 22.9 Å². The summed E-state index contributed by atoms with van der Waals surface area (Å²) >= 11 is 0. The Morgan fingerprint density at radius 3 is 2.37 bits per heavy atom. The van der Waals surface area contributed by atoms with Gasteiger partial charge in [0.2, 0.25) is 5.82 Å². The van der Waals surface area contributed by atoms with Crippen LogP contribution in [0.4, 0.5) is 10.5 Å². The quantitative estimate of drug-likeness (QED) is 0.415. The van der Waals surface area contributed by atoms with Crippen molar-refractivity contribution in [2.75, 3.05) is 25.5 Å². The van der Waals surface area contributed by atoms with Crippen LogP contribution in [0.25, 0.3) is 11.1 Å². The number of urea groups is 1. The van der Waals surface area contributed by atoms with Crippen LogP contribution in [0.5, 0.6) is 5.75 Å². The Balaban J connectivity index is 1.41. The van der Waals surface area contributed by atoms with Gasteiger partial charge in [0.25, 0.3) is 0 Å². The highest BCUT2D eigenvalue weighted by Crippen LogP contribution is 2.36. The number of aromatic nitrogens is 2. The third-order valence-electron chi connectivity index (χ3n) is 6.26. The molecule has 0 atom stereocenters. The molecule has 1 aliphatic rings. The summed E-state index contributed by atoms with van der Waals surface area (Å²) in [4.78, 5) is 21.3. The molecule has 1 aliphatic carbocycles. The fourth-order valence-corrected chi connectivity index (χ4v) is 4.42. The van der Waals surface area contributed by atoms with Crippen molar-refractivity contribution in [1.29, 1.82) is 5.26 Å². The van der Waals surface area contributed by atoms with E-state index in [2.05, 4.69) is 25.9 Å². The van der Waals surface area contributed by atoms with Crippen LogP contribution < -0.4 is 20.7 Å². The fourth-order valence-electron chi connectivity index (χ4n) is 4.42. The second kappa shape index (κ2) is 11.4. The standard InChI is InChI=1S/C27H30N6O2/c1-29-17-18-35-23-11-7-21(8-12-23)20-5-9-22(10-6-20)31-26(34)33-27(14-3-2-4-15-27)24-13-16-30-25(19-28)32-24/h5-13,16,29H,2-4,14-15,17-18H2,1H3,(H2,31,33,34). The molecular weight excluding hydrogens is 440 g/mol. The van der Waals surface area contributed by atoms with E-state index in [9.17, 15) is 10.1 Å². The summed E-state index contributed by atoms with van der Waals surface area (Å²) in [5, 5.41) is 18.4. The highest BCUT2D eigenvalue weighted by Gasteiger charge is 2.37. The van der Waals surface area contributed by atoms with Gasteiger partial charge in [-0.15, -0.1) is 0 Å². The molecule has 1 aromatic heterocycles. The van der Waals surface area contributed by atoms with Crippen molar-refractivity contribution in [3.05, 3.63) is 72.3 Å². The number of rotatable bonds is 8. The Bertz CT molecular complexity index is 1170. The Hall–Kier alpha value is -3.96. The highest BCUT2D eigenvalue weighted by molar-refractivity contribution is 5.90. The highest BCUT2D eigenvalue weighted by atomic mass is 16.5. The topological polar surface area (TPSA) is 112 Å². The molecule has 1 saturated carbocycles. The van der Waals surface area contributed by atoms with E-state index in [1.807, 2.05) is 61.6 Å². The number of benzene rings is 2. The average molecular weight is 471 g/mol. The van der Waals surface area contributed by atoms with Crippen LogP contribution in [-0.4, -0.2) is 36.2 Å². The van der Waals surface area contributed by atoms with Gasteiger partial charge in [-0.25, -0.2) is 14.8 Å². The zero-order valence-electron chi connectivity index (χ0n) is 19.9. The Labute approximate surface area is 205 Å². The molecular formula is C27H30N6O2. The Morgan fingerprint density at radius 2 is 1.71 bits per heavy atom. The third-order valence-corrected chi connectivity index (χ3v) is 6.26. The van der Waals surface area contributed by atoms with Crippen LogP contribution in [0, 0.1) is 11.3 Å². The van der Waals surface area contributed by atoms with Crippen molar-refractivity contribution in [2.24, 2.45) is 0 Å². The number of hydrogen-bond acceptors (Lipinski definition) is 6. The molecule has 1 heterocycles. The minimum atomic E-state index is -0.603. The van der Waals surface area contributed by atoms with Gasteiger partial charge < -0.3 is 20.7 Å². The van der Waals surface area contributed by atoms with Crippen molar-refractivity contribution in [1.82, 2.24) is 20.6 Å². The first-order valence-corrected chi connectivity index (χ1v) is 11.9. The number of amides is 2. The first-order chi connectivity index (χ1) is 17.1. The summed E-state index contributed by atoms with van der Waals surface area (Å²) in [5.74, 6) is 0.948. The van der Waals surface area contributed by atoms with Gasteiger partial charge in [-0.2, -0.15) is 5.26 Å². The zero-order valence-corrected chi connectivity index (χ0v) is 19.9. The summed E-state index contributed by atoms with van der Waals surface area (Å²) in [6, 6.07) is 19.2. The first-order valence-electron chi connectivity index (χ1n) is 11.9. The van der Waals surface area contributed by atoms with Crippen LogP contribution >= 0.6 is 0 Å². The minimum absolute atomic E-state index is 0.114. The smallest absolute Gasteiger partial charge is 0.319 e. The van der Waals surface area contributed by atoms with Gasteiger partial charge in [-0.1, -0.05) is 43.5 Å². The summed E-state index contributed by atoms with van der Waals surface area (Å²) in [7, 11) is 1.90. The Morgan fingerprint density at radius 1 is 1.03 bits per heavy atom. The number of hydrogen-bond donors (Lipinski definition) is 3. The molecule has 0 bridgehead atoms. The molecule has 8 nitrogen and oxygen atoms in total. The molecule has 8 heteroatoms. The number of nitriles is 1. The first kappa shape index (κ1) is 24.2. The van der Waals surface area contributed by atoms with Crippen LogP contribution in [-0.2, 0) is 5.54 Å². The fraction of sp³-hybridized carbons (Fsp3) is 0.333. The van der Waals surface area contributed by atoms with Crippen LogP contribution in [0.1, 0.15) is 43.6 Å². The predicted octanol–water partition coefficient (Wildman–Crippen LogP) is 4.59. The molecule has 0 radical (unpaired) electrons. The van der Waals surface area contributed by atoms with Gasteiger partial charge in [0.05, 0.1) is 11.2 Å². The van der Waals surface area contributed by atoms with Crippen molar-refractivity contribution >= 4 is 11.7 Å².